The number of halogens is 1. The normalized spacial score (nSPS) is 14.8. The minimum atomic E-state index is 0.418. The van der Waals surface area contributed by atoms with Crippen molar-refractivity contribution < 1.29 is 0 Å². The highest BCUT2D eigenvalue weighted by atomic mass is 35.5. The van der Waals surface area contributed by atoms with E-state index in [0.717, 1.165) is 10.5 Å². The van der Waals surface area contributed by atoms with Crippen molar-refractivity contribution >= 4 is 22.5 Å². The van der Waals surface area contributed by atoms with Crippen LogP contribution < -0.4 is 5.32 Å². The van der Waals surface area contributed by atoms with Gasteiger partial charge in [0.1, 0.15) is 0 Å². The van der Waals surface area contributed by atoms with Gasteiger partial charge in [-0.2, -0.15) is 0 Å². The molecule has 2 unspecified atom stereocenters. The Balaban J connectivity index is 2.59. The quantitative estimate of drug-likeness (QED) is 0.904. The van der Waals surface area contributed by atoms with Crippen LogP contribution in [0.25, 0.3) is 10.9 Å². The predicted molar refractivity (Wildman–Crippen MR) is 82.9 cm³/mol. The lowest BCUT2D eigenvalue weighted by Crippen LogP contribution is -2.32. The van der Waals surface area contributed by atoms with Gasteiger partial charge in [-0.15, -0.1) is 0 Å². The minimum Gasteiger partial charge on any atom is -0.317 e. The summed E-state index contributed by atoms with van der Waals surface area (Å²) in [6.07, 6.45) is 1.88. The van der Waals surface area contributed by atoms with E-state index in [1.807, 2.05) is 25.4 Å². The molecule has 0 fully saturated rings. The van der Waals surface area contributed by atoms with Gasteiger partial charge in [0.2, 0.25) is 0 Å². The molecule has 2 nitrogen and oxygen atoms in total. The van der Waals surface area contributed by atoms with Gasteiger partial charge in [-0.3, -0.25) is 4.98 Å². The zero-order valence-corrected chi connectivity index (χ0v) is 12.7. The lowest BCUT2D eigenvalue weighted by atomic mass is 9.82. The molecule has 0 amide bonds. The first-order valence-corrected chi connectivity index (χ1v) is 7.13. The third-order valence-corrected chi connectivity index (χ3v) is 4.04. The molecule has 1 aromatic heterocycles. The summed E-state index contributed by atoms with van der Waals surface area (Å²) in [5.74, 6) is 1.01. The van der Waals surface area contributed by atoms with E-state index in [-0.39, 0.29) is 0 Å². The molecule has 2 aromatic rings. The molecule has 0 aliphatic rings. The molecule has 0 bridgehead atoms. The van der Waals surface area contributed by atoms with Crippen molar-refractivity contribution in [2.24, 2.45) is 5.92 Å². The summed E-state index contributed by atoms with van der Waals surface area (Å²) in [6.45, 7) is 6.76. The van der Waals surface area contributed by atoms with Crippen molar-refractivity contribution in [2.75, 3.05) is 7.05 Å². The second kappa shape index (κ2) is 5.89. The number of nitrogens with one attached hydrogen (secondary N) is 1. The molecule has 2 rings (SSSR count). The average molecular weight is 277 g/mol. The van der Waals surface area contributed by atoms with Crippen molar-refractivity contribution in [1.82, 2.24) is 10.3 Å². The molecule has 1 heterocycles. The number of nitrogens with zero attached hydrogens (tertiary/aromatic N) is 1. The molecule has 3 heteroatoms. The SMILES string of the molecule is CNC(C)C(c1ccnc2cc(Cl)ccc12)C(C)C. The van der Waals surface area contributed by atoms with E-state index < -0.39 is 0 Å². The van der Waals surface area contributed by atoms with Crippen LogP contribution in [0, 0.1) is 5.92 Å². The Morgan fingerprint density at radius 1 is 1.16 bits per heavy atom. The summed E-state index contributed by atoms with van der Waals surface area (Å²) in [6, 6.07) is 8.51. The predicted octanol–water partition coefficient (Wildman–Crippen LogP) is 4.24. The molecule has 102 valence electrons. The van der Waals surface area contributed by atoms with Gasteiger partial charge < -0.3 is 5.32 Å². The van der Waals surface area contributed by atoms with Crippen LogP contribution in [0.15, 0.2) is 30.5 Å². The zero-order chi connectivity index (χ0) is 14.0. The Kier molecular flexibility index (Phi) is 4.43. The summed E-state index contributed by atoms with van der Waals surface area (Å²) in [5.41, 5.74) is 2.32. The van der Waals surface area contributed by atoms with Crippen molar-refractivity contribution in [3.8, 4) is 0 Å². The van der Waals surface area contributed by atoms with Crippen LogP contribution in [-0.4, -0.2) is 18.1 Å². The summed E-state index contributed by atoms with van der Waals surface area (Å²) in [5, 5.41) is 5.31. The van der Waals surface area contributed by atoms with Crippen LogP contribution in [0.5, 0.6) is 0 Å². The molecular weight excluding hydrogens is 256 g/mol. The van der Waals surface area contributed by atoms with Gasteiger partial charge in [0, 0.05) is 28.6 Å². The van der Waals surface area contributed by atoms with E-state index >= 15 is 0 Å². The Bertz CT molecular complexity index is 566. The third-order valence-electron chi connectivity index (χ3n) is 3.81. The number of likely N-dealkylation sites (N-methyl/N-ethyl adjacent to an activating group) is 1. The largest absolute Gasteiger partial charge is 0.317 e. The Morgan fingerprint density at radius 2 is 1.89 bits per heavy atom. The van der Waals surface area contributed by atoms with E-state index in [1.165, 1.54) is 10.9 Å². The van der Waals surface area contributed by atoms with Crippen LogP contribution in [0.1, 0.15) is 32.3 Å². The van der Waals surface area contributed by atoms with Crippen molar-refractivity contribution in [1.29, 1.82) is 0 Å². The van der Waals surface area contributed by atoms with Gasteiger partial charge in [-0.1, -0.05) is 31.5 Å². The summed E-state index contributed by atoms with van der Waals surface area (Å²) < 4.78 is 0. The maximum Gasteiger partial charge on any atom is 0.0719 e. The smallest absolute Gasteiger partial charge is 0.0719 e. The van der Waals surface area contributed by atoms with E-state index in [0.29, 0.717) is 17.9 Å². The van der Waals surface area contributed by atoms with Crippen LogP contribution in [0.3, 0.4) is 0 Å². The fraction of sp³-hybridized carbons (Fsp3) is 0.438. The standard InChI is InChI=1S/C16H21ClN2/c1-10(2)16(11(3)18-4)14-7-8-19-15-9-12(17)5-6-13(14)15/h5-11,16,18H,1-4H3. The molecule has 0 aliphatic carbocycles. The second-order valence-electron chi connectivity index (χ2n) is 5.41. The Labute approximate surface area is 120 Å². The lowest BCUT2D eigenvalue weighted by molar-refractivity contribution is 0.397. The molecular formula is C16H21ClN2. The molecule has 2 atom stereocenters. The number of rotatable bonds is 4. The summed E-state index contributed by atoms with van der Waals surface area (Å²) in [4.78, 5) is 4.42. The highest BCUT2D eigenvalue weighted by molar-refractivity contribution is 6.31. The van der Waals surface area contributed by atoms with E-state index in [4.69, 9.17) is 11.6 Å². The van der Waals surface area contributed by atoms with Crippen LogP contribution >= 0.6 is 11.6 Å². The first-order valence-electron chi connectivity index (χ1n) is 6.76. The number of fused-ring (bicyclic) bond motifs is 1. The molecule has 0 saturated carbocycles. The first-order chi connectivity index (χ1) is 9.04. The van der Waals surface area contributed by atoms with Crippen molar-refractivity contribution in [3.63, 3.8) is 0 Å². The lowest BCUT2D eigenvalue weighted by Gasteiger charge is -2.28. The van der Waals surface area contributed by atoms with Gasteiger partial charge in [0.05, 0.1) is 5.52 Å². The summed E-state index contributed by atoms with van der Waals surface area (Å²) >= 11 is 6.05. The fourth-order valence-corrected chi connectivity index (χ4v) is 2.99. The topological polar surface area (TPSA) is 24.9 Å². The van der Waals surface area contributed by atoms with E-state index in [1.54, 1.807) is 0 Å². The van der Waals surface area contributed by atoms with Crippen LogP contribution in [-0.2, 0) is 0 Å². The number of pyridine rings is 1. The number of hydrogen-bond donors (Lipinski definition) is 1. The number of aromatic nitrogens is 1. The third kappa shape index (κ3) is 2.90. The Hall–Kier alpha value is -1.12. The fourth-order valence-electron chi connectivity index (χ4n) is 2.82. The monoisotopic (exact) mass is 276 g/mol. The minimum absolute atomic E-state index is 0.418. The van der Waals surface area contributed by atoms with Crippen LogP contribution in [0.4, 0.5) is 0 Å². The van der Waals surface area contributed by atoms with Gasteiger partial charge in [-0.05, 0) is 43.7 Å². The van der Waals surface area contributed by atoms with Gasteiger partial charge in [0.25, 0.3) is 0 Å². The first kappa shape index (κ1) is 14.3. The van der Waals surface area contributed by atoms with Crippen molar-refractivity contribution in [2.45, 2.75) is 32.7 Å². The number of hydrogen-bond acceptors (Lipinski definition) is 2. The van der Waals surface area contributed by atoms with Gasteiger partial charge >= 0.3 is 0 Å². The second-order valence-corrected chi connectivity index (χ2v) is 5.85. The highest BCUT2D eigenvalue weighted by Gasteiger charge is 2.23. The van der Waals surface area contributed by atoms with Crippen molar-refractivity contribution in [3.05, 3.63) is 41.0 Å². The molecule has 0 spiro atoms. The van der Waals surface area contributed by atoms with E-state index in [9.17, 15) is 0 Å². The van der Waals surface area contributed by atoms with E-state index in [2.05, 4.69) is 43.2 Å². The molecule has 1 N–H and O–H groups in total. The molecule has 0 radical (unpaired) electrons. The van der Waals surface area contributed by atoms with Gasteiger partial charge in [-0.25, -0.2) is 0 Å². The molecule has 19 heavy (non-hydrogen) atoms. The Morgan fingerprint density at radius 3 is 2.53 bits per heavy atom. The highest BCUT2D eigenvalue weighted by Crippen LogP contribution is 2.33. The zero-order valence-electron chi connectivity index (χ0n) is 11.9. The molecule has 0 aliphatic heterocycles. The summed E-state index contributed by atoms with van der Waals surface area (Å²) in [7, 11) is 2.01. The maximum atomic E-state index is 6.05. The average Bonchev–Trinajstić information content (AvgIpc) is 2.38. The van der Waals surface area contributed by atoms with Gasteiger partial charge in [0.15, 0.2) is 0 Å². The molecule has 0 saturated heterocycles. The number of benzene rings is 1. The maximum absolute atomic E-state index is 6.05. The molecule has 1 aromatic carbocycles. The van der Waals surface area contributed by atoms with Crippen LogP contribution in [0.2, 0.25) is 5.02 Å².